The average Bonchev–Trinajstić information content (AvgIpc) is 2.66. The van der Waals surface area contributed by atoms with E-state index in [1.54, 1.807) is 12.1 Å². The molecule has 28 heavy (non-hydrogen) atoms. The Kier molecular flexibility index (Phi) is 6.01. The second-order valence-corrected chi connectivity index (χ2v) is 6.72. The lowest BCUT2D eigenvalue weighted by molar-refractivity contribution is -0.117. The number of nitrogens with two attached hydrogens (primary N) is 1. The van der Waals surface area contributed by atoms with Crippen LogP contribution in [0.1, 0.15) is 11.1 Å². The number of carbonyl (C=O) groups is 1. The number of hydrogen-bond donors (Lipinski definition) is 2. The molecule has 0 aliphatic carbocycles. The molecule has 6 heteroatoms. The number of para-hydroxylation sites is 2. The Bertz CT molecular complexity index is 1000. The predicted molar refractivity (Wildman–Crippen MR) is 115 cm³/mol. The van der Waals surface area contributed by atoms with Crippen LogP contribution in [0.15, 0.2) is 72.8 Å². The van der Waals surface area contributed by atoms with Crippen LogP contribution < -0.4 is 16.0 Å². The molecular weight excluding hydrogens is 373 g/mol. The summed E-state index contributed by atoms with van der Waals surface area (Å²) in [5.41, 5.74) is 9.51. The van der Waals surface area contributed by atoms with E-state index in [9.17, 15) is 9.18 Å². The summed E-state index contributed by atoms with van der Waals surface area (Å²) in [7, 11) is 0. The number of carbonyl (C=O) groups excluding carboxylic acids is 1. The van der Waals surface area contributed by atoms with Gasteiger partial charge < -0.3 is 11.1 Å². The lowest BCUT2D eigenvalue weighted by atomic mass is 10.1. The van der Waals surface area contributed by atoms with E-state index in [0.29, 0.717) is 10.8 Å². The summed E-state index contributed by atoms with van der Waals surface area (Å²) in [6.45, 7) is 1.99. The van der Waals surface area contributed by atoms with Gasteiger partial charge in [-0.05, 0) is 66.7 Å². The molecule has 0 saturated carbocycles. The third kappa shape index (κ3) is 4.53. The van der Waals surface area contributed by atoms with Crippen LogP contribution in [-0.4, -0.2) is 11.0 Å². The van der Waals surface area contributed by atoms with Gasteiger partial charge in [0, 0.05) is 5.69 Å². The first-order chi connectivity index (χ1) is 13.5. The topological polar surface area (TPSA) is 58.4 Å². The fourth-order valence-corrected chi connectivity index (χ4v) is 3.26. The number of rotatable bonds is 5. The zero-order chi connectivity index (χ0) is 20.1. The molecule has 0 saturated heterocycles. The van der Waals surface area contributed by atoms with Gasteiger partial charge in [-0.2, -0.15) is 0 Å². The van der Waals surface area contributed by atoms with E-state index < -0.39 is 5.91 Å². The molecule has 0 bridgehead atoms. The predicted octanol–water partition coefficient (Wildman–Crippen LogP) is 4.70. The maximum Gasteiger partial charge on any atom is 0.221 e. The summed E-state index contributed by atoms with van der Waals surface area (Å²) in [6, 6.07) is 21.3. The highest BCUT2D eigenvalue weighted by Gasteiger charge is 2.20. The summed E-state index contributed by atoms with van der Waals surface area (Å²) in [4.78, 5) is 13.4. The Morgan fingerprint density at radius 1 is 1.00 bits per heavy atom. The Hall–Kier alpha value is -3.25. The van der Waals surface area contributed by atoms with E-state index in [0.717, 1.165) is 22.5 Å². The molecule has 0 heterocycles. The zero-order valence-corrected chi connectivity index (χ0v) is 16.2. The highest BCUT2D eigenvalue weighted by Crippen LogP contribution is 2.32. The van der Waals surface area contributed by atoms with Crippen LogP contribution in [0.3, 0.4) is 0 Å². The quantitative estimate of drug-likeness (QED) is 0.617. The van der Waals surface area contributed by atoms with Crippen LogP contribution >= 0.6 is 12.2 Å². The molecule has 0 radical (unpaired) electrons. The van der Waals surface area contributed by atoms with Gasteiger partial charge in [0.15, 0.2) is 5.11 Å². The Morgan fingerprint density at radius 3 is 2.25 bits per heavy atom. The number of nitrogens with zero attached hydrogens (tertiary/aromatic N) is 1. The van der Waals surface area contributed by atoms with E-state index in [1.165, 1.54) is 12.1 Å². The van der Waals surface area contributed by atoms with Crippen LogP contribution in [0.2, 0.25) is 0 Å². The molecule has 0 spiro atoms. The average molecular weight is 393 g/mol. The van der Waals surface area contributed by atoms with Crippen molar-refractivity contribution in [1.82, 2.24) is 0 Å². The number of aryl methyl sites for hydroxylation is 1. The van der Waals surface area contributed by atoms with Crippen molar-refractivity contribution >= 4 is 40.3 Å². The molecule has 1 amide bonds. The summed E-state index contributed by atoms with van der Waals surface area (Å²) >= 11 is 5.69. The molecule has 0 atom stereocenters. The SMILES string of the molecule is Cc1ccccc1N(C(=S)Nc1ccc(F)cc1)c1ccccc1CC(N)=O. The molecule has 0 unspecified atom stereocenters. The number of hydrogen-bond acceptors (Lipinski definition) is 2. The highest BCUT2D eigenvalue weighted by atomic mass is 32.1. The highest BCUT2D eigenvalue weighted by molar-refractivity contribution is 7.80. The van der Waals surface area contributed by atoms with Gasteiger partial charge in [-0.15, -0.1) is 0 Å². The first-order valence-electron chi connectivity index (χ1n) is 8.74. The molecule has 0 aromatic heterocycles. The molecule has 3 aromatic carbocycles. The molecule has 3 N–H and O–H groups in total. The largest absolute Gasteiger partial charge is 0.369 e. The Balaban J connectivity index is 2.06. The second kappa shape index (κ2) is 8.63. The van der Waals surface area contributed by atoms with Crippen molar-refractivity contribution in [2.45, 2.75) is 13.3 Å². The van der Waals surface area contributed by atoms with Gasteiger partial charge in [0.1, 0.15) is 5.82 Å². The van der Waals surface area contributed by atoms with Gasteiger partial charge in [0.05, 0.1) is 17.8 Å². The molecule has 4 nitrogen and oxygen atoms in total. The second-order valence-electron chi connectivity index (χ2n) is 6.33. The van der Waals surface area contributed by atoms with Gasteiger partial charge >= 0.3 is 0 Å². The van der Waals surface area contributed by atoms with E-state index in [2.05, 4.69) is 5.32 Å². The fourth-order valence-electron chi connectivity index (χ4n) is 2.94. The number of halogens is 1. The number of primary amides is 1. The van der Waals surface area contributed by atoms with Crippen molar-refractivity contribution in [2.75, 3.05) is 10.2 Å². The number of anilines is 3. The molecule has 0 aliphatic heterocycles. The van der Waals surface area contributed by atoms with Gasteiger partial charge in [0.25, 0.3) is 0 Å². The monoisotopic (exact) mass is 393 g/mol. The van der Waals surface area contributed by atoms with Crippen molar-refractivity contribution in [3.63, 3.8) is 0 Å². The van der Waals surface area contributed by atoms with Gasteiger partial charge in [-0.1, -0.05) is 36.4 Å². The molecule has 3 rings (SSSR count). The molecular formula is C22H20FN3OS. The van der Waals surface area contributed by atoms with Crippen LogP contribution in [0.4, 0.5) is 21.5 Å². The fraction of sp³-hybridized carbons (Fsp3) is 0.0909. The summed E-state index contributed by atoms with van der Waals surface area (Å²) in [6.07, 6.45) is 0.0950. The lowest BCUT2D eigenvalue weighted by Crippen LogP contribution is -2.32. The third-order valence-corrected chi connectivity index (χ3v) is 4.54. The number of thiocarbonyl (C=S) groups is 1. The van der Waals surface area contributed by atoms with Crippen molar-refractivity contribution in [3.8, 4) is 0 Å². The van der Waals surface area contributed by atoms with Crippen molar-refractivity contribution < 1.29 is 9.18 Å². The maximum atomic E-state index is 13.2. The van der Waals surface area contributed by atoms with E-state index in [4.69, 9.17) is 18.0 Å². The first-order valence-corrected chi connectivity index (χ1v) is 9.15. The summed E-state index contributed by atoms with van der Waals surface area (Å²) in [5.74, 6) is -0.742. The standard InChI is InChI=1S/C22H20FN3OS/c1-15-6-2-4-8-19(15)26(20-9-5-3-7-16(20)14-21(24)27)22(28)25-18-12-10-17(23)11-13-18/h2-13H,14H2,1H3,(H2,24,27)(H,25,28). The van der Waals surface area contributed by atoms with E-state index >= 15 is 0 Å². The number of benzene rings is 3. The van der Waals surface area contributed by atoms with Gasteiger partial charge in [0.2, 0.25) is 5.91 Å². The van der Waals surface area contributed by atoms with E-state index in [1.807, 2.05) is 60.4 Å². The van der Waals surface area contributed by atoms with Crippen molar-refractivity contribution in [2.24, 2.45) is 5.73 Å². The normalized spacial score (nSPS) is 10.4. The molecule has 3 aromatic rings. The van der Waals surface area contributed by atoms with E-state index in [-0.39, 0.29) is 12.2 Å². The van der Waals surface area contributed by atoms with Crippen LogP contribution in [0.25, 0.3) is 0 Å². The van der Waals surface area contributed by atoms with Crippen molar-refractivity contribution in [3.05, 3.63) is 89.7 Å². The zero-order valence-electron chi connectivity index (χ0n) is 15.4. The molecule has 0 aliphatic rings. The maximum absolute atomic E-state index is 13.2. The van der Waals surface area contributed by atoms with Crippen molar-refractivity contribution in [1.29, 1.82) is 0 Å². The minimum absolute atomic E-state index is 0.0950. The first kappa shape index (κ1) is 19.5. The number of nitrogens with one attached hydrogen (secondary N) is 1. The summed E-state index contributed by atoms with van der Waals surface area (Å²) in [5, 5.41) is 3.55. The van der Waals surface area contributed by atoms with Crippen LogP contribution in [0, 0.1) is 12.7 Å². The Morgan fingerprint density at radius 2 is 1.61 bits per heavy atom. The van der Waals surface area contributed by atoms with Crippen LogP contribution in [-0.2, 0) is 11.2 Å². The number of amides is 1. The van der Waals surface area contributed by atoms with Gasteiger partial charge in [-0.25, -0.2) is 4.39 Å². The Labute approximate surface area is 168 Å². The lowest BCUT2D eigenvalue weighted by Gasteiger charge is -2.29. The van der Waals surface area contributed by atoms with Crippen LogP contribution in [0.5, 0.6) is 0 Å². The smallest absolute Gasteiger partial charge is 0.221 e. The minimum atomic E-state index is -0.422. The van der Waals surface area contributed by atoms with Gasteiger partial charge in [-0.3, -0.25) is 9.69 Å². The molecule has 0 fully saturated rings. The molecule has 142 valence electrons. The third-order valence-electron chi connectivity index (χ3n) is 4.25. The summed E-state index contributed by atoms with van der Waals surface area (Å²) < 4.78 is 13.2. The minimum Gasteiger partial charge on any atom is -0.369 e.